The fourth-order valence-electron chi connectivity index (χ4n) is 3.83. The van der Waals surface area contributed by atoms with Gasteiger partial charge in [-0.2, -0.15) is 0 Å². The average molecular weight is 433 g/mol. The molecule has 0 unspecified atom stereocenters. The molecule has 0 bridgehead atoms. The number of halogens is 4. The van der Waals surface area contributed by atoms with Gasteiger partial charge in [0.25, 0.3) is 0 Å². The lowest BCUT2D eigenvalue weighted by Crippen LogP contribution is -2.28. The summed E-state index contributed by atoms with van der Waals surface area (Å²) in [6.45, 7) is 8.15. The first kappa shape index (κ1) is 20.1. The number of benzene rings is 1. The number of carbonyl (C=O) groups excluding carboxylic acids is 1. The monoisotopic (exact) mass is 431 g/mol. The molecule has 0 aliphatic heterocycles. The molecule has 0 radical (unpaired) electrons. The van der Waals surface area contributed by atoms with E-state index in [2.05, 4.69) is 18.4 Å². The van der Waals surface area contributed by atoms with E-state index >= 15 is 0 Å². The molecule has 1 heterocycles. The number of alkyl halides is 3. The van der Waals surface area contributed by atoms with Crippen LogP contribution >= 0.6 is 46.4 Å². The van der Waals surface area contributed by atoms with Gasteiger partial charge in [0, 0.05) is 40.5 Å². The minimum Gasteiger partial charge on any atom is -0.317 e. The van der Waals surface area contributed by atoms with Gasteiger partial charge in [0.2, 0.25) is 0 Å². The molecule has 0 atom stereocenters. The number of carbonyl (C=O) groups is 1. The molecule has 26 heavy (non-hydrogen) atoms. The van der Waals surface area contributed by atoms with Crippen molar-refractivity contribution in [1.29, 1.82) is 0 Å². The Balaban J connectivity index is 2.29. The third-order valence-electron chi connectivity index (χ3n) is 4.99. The van der Waals surface area contributed by atoms with E-state index in [0.717, 1.165) is 34.6 Å². The summed E-state index contributed by atoms with van der Waals surface area (Å²) >= 11 is 24.6. The van der Waals surface area contributed by atoms with Gasteiger partial charge < -0.3 is 4.57 Å². The number of hydrogen-bond donors (Lipinski definition) is 0. The first-order chi connectivity index (χ1) is 11.9. The highest BCUT2D eigenvalue weighted by molar-refractivity contribution is 6.67. The number of fused-ring (bicyclic) bond motifs is 1. The molecule has 1 aliphatic carbocycles. The van der Waals surface area contributed by atoms with E-state index < -0.39 is 3.79 Å². The summed E-state index contributed by atoms with van der Waals surface area (Å²) in [5, 5.41) is 0.689. The fourth-order valence-corrected chi connectivity index (χ4v) is 4.40. The van der Waals surface area contributed by atoms with Gasteiger partial charge >= 0.3 is 0 Å². The Hall–Kier alpha value is -0.670. The van der Waals surface area contributed by atoms with Gasteiger partial charge in [0.05, 0.1) is 0 Å². The Morgan fingerprint density at radius 2 is 1.81 bits per heavy atom. The van der Waals surface area contributed by atoms with Crippen LogP contribution in [0.4, 0.5) is 0 Å². The predicted molar refractivity (Wildman–Crippen MR) is 111 cm³/mol. The molecule has 6 heteroatoms. The van der Waals surface area contributed by atoms with Crippen LogP contribution in [0.5, 0.6) is 0 Å². The maximum Gasteiger partial charge on any atom is 0.194 e. The van der Waals surface area contributed by atoms with Gasteiger partial charge in [-0.1, -0.05) is 66.3 Å². The topological polar surface area (TPSA) is 22.0 Å². The van der Waals surface area contributed by atoms with E-state index in [1.54, 1.807) is 0 Å². The van der Waals surface area contributed by atoms with Crippen LogP contribution < -0.4 is 0 Å². The van der Waals surface area contributed by atoms with E-state index in [1.807, 2.05) is 32.0 Å². The van der Waals surface area contributed by atoms with E-state index in [9.17, 15) is 4.79 Å². The average Bonchev–Trinajstić information content (AvgIpc) is 2.71. The van der Waals surface area contributed by atoms with E-state index in [4.69, 9.17) is 46.4 Å². The molecule has 0 saturated carbocycles. The Morgan fingerprint density at radius 1 is 1.15 bits per heavy atom. The molecular weight excluding hydrogens is 412 g/mol. The summed E-state index contributed by atoms with van der Waals surface area (Å²) in [7, 11) is 0. The first-order valence-corrected chi connectivity index (χ1v) is 10.0. The molecule has 2 aromatic rings. The van der Waals surface area contributed by atoms with Gasteiger partial charge in [-0.05, 0) is 48.9 Å². The quantitative estimate of drug-likeness (QED) is 0.477. The summed E-state index contributed by atoms with van der Waals surface area (Å²) in [6, 6.07) is 5.92. The standard InChI is InChI=1S/C20H21Cl4NO/c1-11-5-6-13(7-15(11)21)25-12(2)14(8-20(22,23)24)18-16(25)9-19(3,4)10-17(18)26/h5-7H,8-10H2,1-4H3. The van der Waals surface area contributed by atoms with Crippen LogP contribution in [0.15, 0.2) is 18.2 Å². The Kier molecular flexibility index (Phi) is 5.20. The summed E-state index contributed by atoms with van der Waals surface area (Å²) in [6.07, 6.45) is 1.47. The predicted octanol–water partition coefficient (Wildman–Crippen LogP) is 6.82. The fraction of sp³-hybridized carbons (Fsp3) is 0.450. The molecule has 3 rings (SSSR count). The van der Waals surface area contributed by atoms with Crippen molar-refractivity contribution in [2.75, 3.05) is 0 Å². The molecule has 1 aromatic carbocycles. The third kappa shape index (κ3) is 3.80. The molecule has 1 aliphatic rings. The number of hydrogen-bond acceptors (Lipinski definition) is 1. The number of ketones is 1. The number of rotatable bonds is 2. The normalized spacial score (nSPS) is 16.7. The number of Topliss-reactive ketones (excluding diaryl/α,β-unsaturated/α-hetero) is 1. The van der Waals surface area contributed by atoms with E-state index in [0.29, 0.717) is 17.0 Å². The van der Waals surface area contributed by atoms with Crippen molar-refractivity contribution in [3.63, 3.8) is 0 Å². The second kappa shape index (κ2) is 6.74. The maximum atomic E-state index is 13.0. The minimum absolute atomic E-state index is 0.112. The van der Waals surface area contributed by atoms with Gasteiger partial charge in [-0.25, -0.2) is 0 Å². The van der Waals surface area contributed by atoms with Crippen LogP contribution in [0.1, 0.15) is 53.1 Å². The van der Waals surface area contributed by atoms with Crippen molar-refractivity contribution in [1.82, 2.24) is 4.57 Å². The van der Waals surface area contributed by atoms with Gasteiger partial charge in [0.1, 0.15) is 0 Å². The second-order valence-electron chi connectivity index (χ2n) is 7.89. The summed E-state index contributed by atoms with van der Waals surface area (Å²) in [5.41, 5.74) is 5.25. The van der Waals surface area contributed by atoms with Crippen LogP contribution in [0.25, 0.3) is 5.69 Å². The van der Waals surface area contributed by atoms with Crippen molar-refractivity contribution >= 4 is 52.2 Å². The second-order valence-corrected chi connectivity index (χ2v) is 10.8. The van der Waals surface area contributed by atoms with Crippen LogP contribution in [0.2, 0.25) is 5.02 Å². The lowest BCUT2D eigenvalue weighted by Gasteiger charge is -2.30. The Labute approximate surface area is 174 Å². The molecule has 1 aromatic heterocycles. The van der Waals surface area contributed by atoms with Crippen molar-refractivity contribution in [3.8, 4) is 5.69 Å². The van der Waals surface area contributed by atoms with E-state index in [-0.39, 0.29) is 17.6 Å². The molecule has 0 N–H and O–H groups in total. The van der Waals surface area contributed by atoms with Crippen molar-refractivity contribution < 1.29 is 4.79 Å². The van der Waals surface area contributed by atoms with Crippen LogP contribution in [0.3, 0.4) is 0 Å². The third-order valence-corrected chi connectivity index (χ3v) is 5.80. The SMILES string of the molecule is Cc1ccc(-n2c(C)c(CC(Cl)(Cl)Cl)c3c2CC(C)(C)CC3=O)cc1Cl. The van der Waals surface area contributed by atoms with Gasteiger partial charge in [-0.15, -0.1) is 0 Å². The number of aromatic nitrogens is 1. The van der Waals surface area contributed by atoms with Gasteiger partial charge in [0.15, 0.2) is 9.58 Å². The highest BCUT2D eigenvalue weighted by atomic mass is 35.6. The molecule has 0 fully saturated rings. The Bertz CT molecular complexity index is 890. The van der Waals surface area contributed by atoms with E-state index in [1.165, 1.54) is 0 Å². The van der Waals surface area contributed by atoms with Gasteiger partial charge in [-0.3, -0.25) is 4.79 Å². The van der Waals surface area contributed by atoms with Crippen molar-refractivity contribution in [2.45, 2.75) is 50.7 Å². The molecule has 140 valence electrons. The van der Waals surface area contributed by atoms with Crippen LogP contribution in [0, 0.1) is 19.3 Å². The van der Waals surface area contributed by atoms with Crippen molar-refractivity contribution in [2.24, 2.45) is 5.41 Å². The lowest BCUT2D eigenvalue weighted by molar-refractivity contribution is 0.0910. The molecule has 2 nitrogen and oxygen atoms in total. The molecule has 0 saturated heterocycles. The number of aryl methyl sites for hydroxylation is 1. The minimum atomic E-state index is -1.46. The highest BCUT2D eigenvalue weighted by Crippen LogP contribution is 2.43. The zero-order chi connectivity index (χ0) is 19.4. The Morgan fingerprint density at radius 3 is 2.38 bits per heavy atom. The van der Waals surface area contributed by atoms with Crippen LogP contribution in [-0.4, -0.2) is 14.1 Å². The molecular formula is C20H21Cl4NO. The molecule has 0 spiro atoms. The highest BCUT2D eigenvalue weighted by Gasteiger charge is 2.38. The zero-order valence-electron chi connectivity index (χ0n) is 15.2. The van der Waals surface area contributed by atoms with Crippen molar-refractivity contribution in [3.05, 3.63) is 51.3 Å². The maximum absolute atomic E-state index is 13.0. The first-order valence-electron chi connectivity index (χ1n) is 8.49. The largest absolute Gasteiger partial charge is 0.317 e. The smallest absolute Gasteiger partial charge is 0.194 e. The summed E-state index contributed by atoms with van der Waals surface area (Å²) < 4.78 is 0.647. The molecule has 0 amide bonds. The van der Waals surface area contributed by atoms with Crippen LogP contribution in [-0.2, 0) is 12.8 Å². The zero-order valence-corrected chi connectivity index (χ0v) is 18.2. The summed E-state index contributed by atoms with van der Waals surface area (Å²) in [5.74, 6) is 0.112. The lowest BCUT2D eigenvalue weighted by atomic mass is 9.75. The number of nitrogens with zero attached hydrogens (tertiary/aromatic N) is 1. The summed E-state index contributed by atoms with van der Waals surface area (Å²) in [4.78, 5) is 13.0.